The number of rotatable bonds is 6. The van der Waals surface area contributed by atoms with Gasteiger partial charge in [0.25, 0.3) is 5.91 Å². The van der Waals surface area contributed by atoms with Crippen molar-refractivity contribution in [3.05, 3.63) is 77.4 Å². The monoisotopic (exact) mass is 382 g/mol. The van der Waals surface area contributed by atoms with Gasteiger partial charge in [0.2, 0.25) is 10.0 Å². The maximum Gasteiger partial charge on any atom is 0.251 e. The summed E-state index contributed by atoms with van der Waals surface area (Å²) in [4.78, 5) is 12.7. The van der Waals surface area contributed by atoms with Crippen molar-refractivity contribution in [1.82, 2.24) is 10.0 Å². The first kappa shape index (κ1) is 19.1. The molecule has 3 aromatic carbocycles. The molecule has 5 nitrogen and oxygen atoms in total. The van der Waals surface area contributed by atoms with Crippen LogP contribution in [0.25, 0.3) is 10.8 Å². The van der Waals surface area contributed by atoms with Gasteiger partial charge in [0.1, 0.15) is 0 Å². The number of amides is 1. The Balaban J connectivity index is 1.63. The Morgan fingerprint density at radius 1 is 0.926 bits per heavy atom. The Morgan fingerprint density at radius 3 is 2.48 bits per heavy atom. The van der Waals surface area contributed by atoms with Gasteiger partial charge in [0, 0.05) is 18.7 Å². The third-order valence-electron chi connectivity index (χ3n) is 4.37. The minimum atomic E-state index is -3.61. The molecule has 0 fully saturated rings. The summed E-state index contributed by atoms with van der Waals surface area (Å²) in [6.45, 7) is 3.93. The van der Waals surface area contributed by atoms with Crippen molar-refractivity contribution < 1.29 is 13.2 Å². The fourth-order valence-electron chi connectivity index (χ4n) is 2.95. The molecule has 6 heteroatoms. The molecule has 3 aromatic rings. The van der Waals surface area contributed by atoms with Gasteiger partial charge in [-0.3, -0.25) is 4.79 Å². The van der Waals surface area contributed by atoms with Crippen molar-refractivity contribution in [3.8, 4) is 0 Å². The standard InChI is InChI=1S/C21H22N2O3S/c1-15-10-11-16(2)20(14-15)27(25,26)23-13-12-22-21(24)19-9-5-7-17-6-3-4-8-18(17)19/h3-11,14,23H,12-13H2,1-2H3,(H,22,24). The van der Waals surface area contributed by atoms with Crippen LogP contribution in [0.5, 0.6) is 0 Å². The van der Waals surface area contributed by atoms with Crippen LogP contribution in [0.1, 0.15) is 21.5 Å². The molecule has 2 N–H and O–H groups in total. The van der Waals surface area contributed by atoms with E-state index >= 15 is 0 Å². The van der Waals surface area contributed by atoms with Crippen LogP contribution in [0.4, 0.5) is 0 Å². The highest BCUT2D eigenvalue weighted by atomic mass is 32.2. The smallest absolute Gasteiger partial charge is 0.251 e. The van der Waals surface area contributed by atoms with E-state index in [2.05, 4.69) is 10.0 Å². The molecule has 0 aliphatic carbocycles. The Hall–Kier alpha value is -2.70. The van der Waals surface area contributed by atoms with Gasteiger partial charge in [0.15, 0.2) is 0 Å². The molecule has 0 radical (unpaired) electrons. The fraction of sp³-hybridized carbons (Fsp3) is 0.190. The molecule has 0 heterocycles. The second-order valence-electron chi connectivity index (χ2n) is 6.45. The normalized spacial score (nSPS) is 11.5. The predicted molar refractivity (Wildman–Crippen MR) is 107 cm³/mol. The molecular formula is C21H22N2O3S. The lowest BCUT2D eigenvalue weighted by Gasteiger charge is -2.11. The Morgan fingerprint density at radius 2 is 1.67 bits per heavy atom. The molecule has 0 bridgehead atoms. The molecule has 0 saturated heterocycles. The molecule has 0 atom stereocenters. The molecule has 0 spiro atoms. The Kier molecular flexibility index (Phi) is 5.58. The van der Waals surface area contributed by atoms with E-state index in [1.807, 2.05) is 49.4 Å². The number of aryl methyl sites for hydroxylation is 2. The first-order chi connectivity index (χ1) is 12.9. The van der Waals surface area contributed by atoms with Crippen molar-refractivity contribution in [3.63, 3.8) is 0 Å². The van der Waals surface area contributed by atoms with Crippen LogP contribution < -0.4 is 10.0 Å². The van der Waals surface area contributed by atoms with E-state index in [1.165, 1.54) is 0 Å². The van der Waals surface area contributed by atoms with Gasteiger partial charge in [-0.1, -0.05) is 48.5 Å². The summed E-state index contributed by atoms with van der Waals surface area (Å²) in [7, 11) is -3.61. The van der Waals surface area contributed by atoms with Crippen LogP contribution in [-0.4, -0.2) is 27.4 Å². The van der Waals surface area contributed by atoms with Crippen molar-refractivity contribution in [2.24, 2.45) is 0 Å². The third kappa shape index (κ3) is 4.35. The van der Waals surface area contributed by atoms with E-state index in [9.17, 15) is 13.2 Å². The molecule has 0 aliphatic heterocycles. The molecule has 0 saturated carbocycles. The van der Waals surface area contributed by atoms with Crippen molar-refractivity contribution in [1.29, 1.82) is 0 Å². The lowest BCUT2D eigenvalue weighted by molar-refractivity contribution is 0.0956. The summed E-state index contributed by atoms with van der Waals surface area (Å²) in [5.41, 5.74) is 2.14. The molecule has 3 rings (SSSR count). The van der Waals surface area contributed by atoms with E-state index in [1.54, 1.807) is 25.1 Å². The second-order valence-corrected chi connectivity index (χ2v) is 8.18. The number of carbonyl (C=O) groups is 1. The number of hydrogen-bond donors (Lipinski definition) is 2. The van der Waals surface area contributed by atoms with E-state index in [0.717, 1.165) is 16.3 Å². The van der Waals surface area contributed by atoms with Crippen molar-refractivity contribution in [2.45, 2.75) is 18.7 Å². The third-order valence-corrected chi connectivity index (χ3v) is 5.97. The number of nitrogens with one attached hydrogen (secondary N) is 2. The highest BCUT2D eigenvalue weighted by molar-refractivity contribution is 7.89. The summed E-state index contributed by atoms with van der Waals surface area (Å²) in [5, 5.41) is 4.63. The van der Waals surface area contributed by atoms with Gasteiger partial charge >= 0.3 is 0 Å². The molecule has 1 amide bonds. The van der Waals surface area contributed by atoms with Crippen LogP contribution in [0.15, 0.2) is 65.6 Å². The summed E-state index contributed by atoms with van der Waals surface area (Å²) in [6, 6.07) is 18.5. The highest BCUT2D eigenvalue weighted by Crippen LogP contribution is 2.18. The van der Waals surface area contributed by atoms with Gasteiger partial charge in [-0.25, -0.2) is 13.1 Å². The second kappa shape index (κ2) is 7.90. The van der Waals surface area contributed by atoms with Crippen LogP contribution >= 0.6 is 0 Å². The lowest BCUT2D eigenvalue weighted by atomic mass is 10.0. The topological polar surface area (TPSA) is 75.3 Å². The van der Waals surface area contributed by atoms with E-state index in [0.29, 0.717) is 11.1 Å². The van der Waals surface area contributed by atoms with E-state index < -0.39 is 10.0 Å². The van der Waals surface area contributed by atoms with Gasteiger partial charge in [-0.15, -0.1) is 0 Å². The molecule has 0 aromatic heterocycles. The zero-order valence-corrected chi connectivity index (χ0v) is 16.1. The maximum absolute atomic E-state index is 12.5. The molecule has 0 unspecified atom stereocenters. The average Bonchev–Trinajstić information content (AvgIpc) is 2.66. The zero-order chi connectivity index (χ0) is 19.4. The summed E-state index contributed by atoms with van der Waals surface area (Å²) >= 11 is 0. The lowest BCUT2D eigenvalue weighted by Crippen LogP contribution is -2.35. The molecule has 27 heavy (non-hydrogen) atoms. The largest absolute Gasteiger partial charge is 0.351 e. The maximum atomic E-state index is 12.5. The van der Waals surface area contributed by atoms with Crippen molar-refractivity contribution >= 4 is 26.7 Å². The van der Waals surface area contributed by atoms with Crippen LogP contribution in [0, 0.1) is 13.8 Å². The minimum absolute atomic E-state index is 0.117. The first-order valence-corrected chi connectivity index (χ1v) is 10.2. The van der Waals surface area contributed by atoms with Gasteiger partial charge < -0.3 is 5.32 Å². The number of hydrogen-bond acceptors (Lipinski definition) is 3. The number of fused-ring (bicyclic) bond motifs is 1. The summed E-state index contributed by atoms with van der Waals surface area (Å²) in [6.07, 6.45) is 0. The van der Waals surface area contributed by atoms with Crippen LogP contribution in [-0.2, 0) is 10.0 Å². The number of sulfonamides is 1. The van der Waals surface area contributed by atoms with Gasteiger partial charge in [-0.05, 0) is 47.9 Å². The van der Waals surface area contributed by atoms with Crippen LogP contribution in [0.3, 0.4) is 0 Å². The van der Waals surface area contributed by atoms with Gasteiger partial charge in [0.05, 0.1) is 4.90 Å². The van der Waals surface area contributed by atoms with Crippen LogP contribution in [0.2, 0.25) is 0 Å². The highest BCUT2D eigenvalue weighted by Gasteiger charge is 2.16. The SMILES string of the molecule is Cc1ccc(C)c(S(=O)(=O)NCCNC(=O)c2cccc3ccccc23)c1. The first-order valence-electron chi connectivity index (χ1n) is 8.71. The Bertz CT molecular complexity index is 1090. The number of benzene rings is 3. The summed E-state index contributed by atoms with van der Waals surface area (Å²) in [5.74, 6) is -0.224. The van der Waals surface area contributed by atoms with E-state index in [4.69, 9.17) is 0 Å². The summed E-state index contributed by atoms with van der Waals surface area (Å²) < 4.78 is 27.5. The molecule has 0 aliphatic rings. The quantitative estimate of drug-likeness (QED) is 0.643. The molecular weight excluding hydrogens is 360 g/mol. The number of carbonyl (C=O) groups excluding carboxylic acids is 1. The van der Waals surface area contributed by atoms with Gasteiger partial charge in [-0.2, -0.15) is 0 Å². The Labute approximate surface area is 159 Å². The predicted octanol–water partition coefficient (Wildman–Crippen LogP) is 3.16. The van der Waals surface area contributed by atoms with Crippen molar-refractivity contribution in [2.75, 3.05) is 13.1 Å². The zero-order valence-electron chi connectivity index (χ0n) is 15.3. The fourth-order valence-corrected chi connectivity index (χ4v) is 4.31. The molecule has 140 valence electrons. The van der Waals surface area contributed by atoms with E-state index in [-0.39, 0.29) is 23.9 Å². The average molecular weight is 382 g/mol. The minimum Gasteiger partial charge on any atom is -0.351 e.